The molecule has 5 N–H and O–H groups in total. The van der Waals surface area contributed by atoms with E-state index >= 15 is 0 Å². The first-order valence-electron chi connectivity index (χ1n) is 20.6. The molecule has 3 saturated heterocycles. The fourth-order valence-corrected chi connectivity index (χ4v) is 8.06. The highest BCUT2D eigenvalue weighted by Gasteiger charge is 2.58. The number of hydrogen-bond donors (Lipinski definition) is 5. The average Bonchev–Trinajstić information content (AvgIpc) is 3.16. The number of allylic oxidation sites excluding steroid dienone is 3. The van der Waals surface area contributed by atoms with Crippen molar-refractivity contribution in [3.8, 4) is 0 Å². The molecule has 16 nitrogen and oxygen atoms in total. The Kier molecular flexibility index (Phi) is 17.0. The van der Waals surface area contributed by atoms with Crippen molar-refractivity contribution < 1.29 is 77.9 Å². The van der Waals surface area contributed by atoms with Gasteiger partial charge in [0.05, 0.1) is 63.9 Å². The molecule has 0 radical (unpaired) electrons. The van der Waals surface area contributed by atoms with E-state index < -0.39 is 108 Å². The zero-order valence-corrected chi connectivity index (χ0v) is 35.7. The Balaban J connectivity index is 1.85. The second kappa shape index (κ2) is 20.9. The number of esters is 4. The normalized spacial score (nSPS) is 37.0. The predicted molar refractivity (Wildman–Crippen MR) is 214 cm³/mol. The van der Waals surface area contributed by atoms with Gasteiger partial charge in [0, 0.05) is 54.7 Å². The van der Waals surface area contributed by atoms with Gasteiger partial charge in [-0.05, 0) is 31.3 Å². The van der Waals surface area contributed by atoms with Gasteiger partial charge in [0.15, 0.2) is 11.9 Å². The molecule has 60 heavy (non-hydrogen) atoms. The van der Waals surface area contributed by atoms with E-state index in [4.69, 9.17) is 33.2 Å². The van der Waals surface area contributed by atoms with Crippen LogP contribution < -0.4 is 0 Å². The number of unbranched alkanes of at least 4 members (excludes halogenated alkanes) is 1. The molecule has 0 spiro atoms. The third kappa shape index (κ3) is 12.2. The third-order valence-corrected chi connectivity index (χ3v) is 11.8. The maximum Gasteiger partial charge on any atom is 0.331 e. The lowest BCUT2D eigenvalue weighted by Gasteiger charge is -2.53. The maximum atomic E-state index is 13.3. The lowest BCUT2D eigenvalue weighted by Crippen LogP contribution is -2.62. The van der Waals surface area contributed by atoms with Gasteiger partial charge in [-0.2, -0.15) is 0 Å². The molecule has 10 atom stereocenters. The van der Waals surface area contributed by atoms with Gasteiger partial charge in [-0.1, -0.05) is 77.0 Å². The van der Waals surface area contributed by atoms with Crippen molar-refractivity contribution in [3.05, 3.63) is 59.8 Å². The molecule has 0 saturated carbocycles. The number of carbonyl (C=O) groups is 4. The van der Waals surface area contributed by atoms with Gasteiger partial charge in [-0.3, -0.25) is 4.79 Å². The van der Waals surface area contributed by atoms with Crippen LogP contribution in [0.4, 0.5) is 0 Å². The molecule has 0 aromatic heterocycles. The lowest BCUT2D eigenvalue weighted by atomic mass is 9.70. The molecule has 4 aliphatic heterocycles. The molecule has 0 unspecified atom stereocenters. The van der Waals surface area contributed by atoms with Gasteiger partial charge in [0.25, 0.3) is 0 Å². The van der Waals surface area contributed by atoms with E-state index in [1.165, 1.54) is 25.3 Å². The molecule has 3 fully saturated rings. The van der Waals surface area contributed by atoms with Crippen LogP contribution in [0.15, 0.2) is 59.8 Å². The smallest absolute Gasteiger partial charge is 0.331 e. The van der Waals surface area contributed by atoms with Crippen LogP contribution in [0, 0.1) is 10.8 Å². The van der Waals surface area contributed by atoms with Gasteiger partial charge in [-0.15, -0.1) is 0 Å². The van der Waals surface area contributed by atoms with Crippen LogP contribution in [0.5, 0.6) is 0 Å². The van der Waals surface area contributed by atoms with Gasteiger partial charge >= 0.3 is 23.9 Å². The number of carbonyl (C=O) groups excluding carboxylic acids is 4. The molecule has 4 aliphatic rings. The number of ether oxygens (including phenoxy) is 7. The van der Waals surface area contributed by atoms with E-state index in [0.29, 0.717) is 5.57 Å². The summed E-state index contributed by atoms with van der Waals surface area (Å²) in [5, 5.41) is 57.6. The van der Waals surface area contributed by atoms with E-state index in [0.717, 1.165) is 26.0 Å². The second-order valence-electron chi connectivity index (χ2n) is 17.2. The Hall–Kier alpha value is -3.74. The maximum absolute atomic E-state index is 13.3. The van der Waals surface area contributed by atoms with Crippen LogP contribution >= 0.6 is 0 Å². The number of rotatable bonds is 8. The Morgan fingerprint density at radius 3 is 2.23 bits per heavy atom. The molecule has 336 valence electrons. The molecule has 16 heteroatoms. The van der Waals surface area contributed by atoms with Gasteiger partial charge in [0.2, 0.25) is 5.79 Å². The standard InChI is InChI=1S/C44H64O16/c1-8-9-10-11-12-13-36(48)58-40-28(20-38(50)55-7)19-31-23-34(26-45)57-39(51)22-29(46)21-32-24-35(47)42(4,5)43(52,59-32)25-33-17-27(18-37(49)54-6)16-30(56-33)14-15-41(2,3)44(40,53)60-31/h10-15,18,20,29-35,40,45-47,52-53H,8-9,16-17,19,21-26H2,1-7H3/b11-10+,13-12+,15-14+,27-18+,28-20+/t29-,30+,31+,32-,33+,34-,35+,40+,43+,44-/m1/s1. The quantitative estimate of drug-likeness (QED) is 0.0775. The SMILES string of the molecule is CCC/C=C/C=C/C(=O)O[C@H]1/C(=C/C(=O)OC)C[C@H]2C[C@H](CO)OC(=O)C[C@H](O)C[C@@H]3C[C@H](O)C(C)(C)[C@](O)(C[C@@H]4C/C(=C/C(=O)OC)C[C@H](/C=C/C(C)(C)[C@]1(O)O2)O4)O3. The predicted octanol–water partition coefficient (Wildman–Crippen LogP) is 3.32. The average molecular weight is 849 g/mol. The number of cyclic esters (lactones) is 1. The summed E-state index contributed by atoms with van der Waals surface area (Å²) >= 11 is 0. The van der Waals surface area contributed by atoms with E-state index in [1.807, 2.05) is 13.0 Å². The summed E-state index contributed by atoms with van der Waals surface area (Å²) in [5.74, 6) is -7.58. The minimum Gasteiger partial charge on any atom is -0.466 e. The van der Waals surface area contributed by atoms with Crippen LogP contribution in [0.25, 0.3) is 0 Å². The first kappa shape index (κ1) is 48.9. The highest BCUT2D eigenvalue weighted by atomic mass is 16.7. The van der Waals surface area contributed by atoms with Crippen molar-refractivity contribution >= 4 is 23.9 Å². The second-order valence-corrected chi connectivity index (χ2v) is 17.2. The zero-order chi connectivity index (χ0) is 44.5. The number of fused-ring (bicyclic) bond motifs is 6. The van der Waals surface area contributed by atoms with E-state index in [2.05, 4.69) is 0 Å². The molecule has 0 aromatic carbocycles. The van der Waals surface area contributed by atoms with Crippen molar-refractivity contribution in [2.24, 2.45) is 10.8 Å². The zero-order valence-electron chi connectivity index (χ0n) is 35.7. The molecule has 4 heterocycles. The number of aliphatic hydroxyl groups is 5. The van der Waals surface area contributed by atoms with Crippen molar-refractivity contribution in [1.29, 1.82) is 0 Å². The van der Waals surface area contributed by atoms with Crippen molar-refractivity contribution in [2.75, 3.05) is 20.8 Å². The summed E-state index contributed by atoms with van der Waals surface area (Å²) in [7, 11) is 2.41. The Morgan fingerprint density at radius 1 is 0.867 bits per heavy atom. The van der Waals surface area contributed by atoms with Gasteiger partial charge < -0.3 is 58.7 Å². The summed E-state index contributed by atoms with van der Waals surface area (Å²) in [6.45, 7) is 7.84. The first-order valence-corrected chi connectivity index (χ1v) is 20.6. The fraction of sp³-hybridized carbons (Fsp3) is 0.682. The van der Waals surface area contributed by atoms with Crippen LogP contribution in [-0.2, 0) is 52.3 Å². The van der Waals surface area contributed by atoms with Crippen LogP contribution in [0.3, 0.4) is 0 Å². The Labute approximate surface area is 351 Å². The van der Waals surface area contributed by atoms with Crippen LogP contribution in [0.2, 0.25) is 0 Å². The summed E-state index contributed by atoms with van der Waals surface area (Å²) in [5.41, 5.74) is -1.99. The van der Waals surface area contributed by atoms with Crippen molar-refractivity contribution in [1.82, 2.24) is 0 Å². The third-order valence-electron chi connectivity index (χ3n) is 11.8. The highest BCUT2D eigenvalue weighted by Crippen LogP contribution is 2.49. The van der Waals surface area contributed by atoms with Gasteiger partial charge in [0.1, 0.15) is 6.10 Å². The van der Waals surface area contributed by atoms with Crippen molar-refractivity contribution in [2.45, 2.75) is 159 Å². The van der Waals surface area contributed by atoms with E-state index in [-0.39, 0.29) is 50.5 Å². The minimum atomic E-state index is -2.44. The Bertz CT molecular complexity index is 1680. The summed E-state index contributed by atoms with van der Waals surface area (Å²) in [6, 6.07) is 0. The van der Waals surface area contributed by atoms with E-state index in [9.17, 15) is 44.7 Å². The fourth-order valence-electron chi connectivity index (χ4n) is 8.06. The molecular formula is C44H64O16. The Morgan fingerprint density at radius 2 is 1.57 bits per heavy atom. The minimum absolute atomic E-state index is 0.0477. The van der Waals surface area contributed by atoms with Gasteiger partial charge in [-0.25, -0.2) is 14.4 Å². The van der Waals surface area contributed by atoms with E-state index in [1.54, 1.807) is 45.9 Å². The largest absolute Gasteiger partial charge is 0.466 e. The number of methoxy groups -OCH3 is 2. The lowest BCUT2D eigenvalue weighted by molar-refractivity contribution is -0.348. The molecule has 6 bridgehead atoms. The summed E-state index contributed by atoms with van der Waals surface area (Å²) in [6.07, 6.45) is 4.13. The number of aliphatic hydroxyl groups excluding tert-OH is 3. The molecule has 4 rings (SSSR count). The number of hydrogen-bond acceptors (Lipinski definition) is 16. The van der Waals surface area contributed by atoms with Crippen molar-refractivity contribution in [3.63, 3.8) is 0 Å². The summed E-state index contributed by atoms with van der Waals surface area (Å²) in [4.78, 5) is 51.8. The highest BCUT2D eigenvalue weighted by molar-refractivity contribution is 5.84. The monoisotopic (exact) mass is 848 g/mol. The summed E-state index contributed by atoms with van der Waals surface area (Å²) < 4.78 is 40.5. The molecule has 0 aromatic rings. The molecular weight excluding hydrogens is 784 g/mol. The van der Waals surface area contributed by atoms with Crippen LogP contribution in [-0.4, -0.2) is 131 Å². The first-order chi connectivity index (χ1) is 28.2. The van der Waals surface area contributed by atoms with Crippen LogP contribution in [0.1, 0.15) is 98.8 Å². The molecule has 0 amide bonds. The topological polar surface area (TPSA) is 234 Å². The molecule has 0 aliphatic carbocycles.